The Morgan fingerprint density at radius 2 is 2.11 bits per heavy atom. The van der Waals surface area contributed by atoms with Crippen LogP contribution in [0, 0.1) is 0 Å². The minimum atomic E-state index is 0.0846. The van der Waals surface area contributed by atoms with Crippen LogP contribution < -0.4 is 9.64 Å². The second-order valence-electron chi connectivity index (χ2n) is 4.73. The van der Waals surface area contributed by atoms with Crippen molar-refractivity contribution in [3.63, 3.8) is 0 Å². The van der Waals surface area contributed by atoms with Crippen molar-refractivity contribution < 1.29 is 9.84 Å². The lowest BCUT2D eigenvalue weighted by Gasteiger charge is -2.35. The Bertz CT molecular complexity index is 411. The Balaban J connectivity index is 2.29. The van der Waals surface area contributed by atoms with Crippen LogP contribution in [0.3, 0.4) is 0 Å². The average molecular weight is 286 g/mol. The van der Waals surface area contributed by atoms with E-state index in [4.69, 9.17) is 16.3 Å². The molecule has 1 aliphatic rings. The van der Waals surface area contributed by atoms with Gasteiger partial charge in [0.25, 0.3) is 0 Å². The molecule has 19 heavy (non-hydrogen) atoms. The Morgan fingerprint density at radius 3 is 2.74 bits per heavy atom. The summed E-state index contributed by atoms with van der Waals surface area (Å²) >= 11 is 6.05. The van der Waals surface area contributed by atoms with Crippen LogP contribution in [0.4, 0.5) is 5.82 Å². The van der Waals surface area contributed by atoms with Crippen molar-refractivity contribution in [3.8, 4) is 5.75 Å². The van der Waals surface area contributed by atoms with Crippen molar-refractivity contribution in [1.82, 2.24) is 9.97 Å². The van der Waals surface area contributed by atoms with Crippen molar-refractivity contribution in [3.05, 3.63) is 11.5 Å². The van der Waals surface area contributed by atoms with Crippen LogP contribution in [-0.2, 0) is 0 Å². The minimum Gasteiger partial charge on any atom is -0.490 e. The maximum atomic E-state index is 9.30. The summed E-state index contributed by atoms with van der Waals surface area (Å²) in [6.07, 6.45) is 7.38. The molecular formula is C13H20ClN3O2. The van der Waals surface area contributed by atoms with E-state index in [1.807, 2.05) is 0 Å². The van der Waals surface area contributed by atoms with Gasteiger partial charge in [0.1, 0.15) is 6.33 Å². The van der Waals surface area contributed by atoms with E-state index < -0.39 is 0 Å². The van der Waals surface area contributed by atoms with Crippen LogP contribution >= 0.6 is 11.6 Å². The van der Waals surface area contributed by atoms with Gasteiger partial charge in [0, 0.05) is 12.6 Å². The maximum Gasteiger partial charge on any atom is 0.199 e. The lowest BCUT2D eigenvalue weighted by Crippen LogP contribution is -2.39. The summed E-state index contributed by atoms with van der Waals surface area (Å²) in [5.74, 6) is 1.17. The second-order valence-corrected chi connectivity index (χ2v) is 5.09. The fourth-order valence-corrected chi connectivity index (χ4v) is 2.89. The van der Waals surface area contributed by atoms with E-state index in [1.54, 1.807) is 7.11 Å². The van der Waals surface area contributed by atoms with Crippen LogP contribution in [0.1, 0.15) is 32.1 Å². The van der Waals surface area contributed by atoms with Gasteiger partial charge in [0.05, 0.1) is 13.7 Å². The van der Waals surface area contributed by atoms with Crippen LogP contribution in [0.25, 0.3) is 0 Å². The monoisotopic (exact) mass is 285 g/mol. The minimum absolute atomic E-state index is 0.0846. The molecule has 1 heterocycles. The second kappa shape index (κ2) is 6.91. The summed E-state index contributed by atoms with van der Waals surface area (Å²) in [6.45, 7) is 0.621. The molecule has 0 aromatic carbocycles. The standard InChI is InChI=1S/C13H20ClN3O2/c1-19-11-12(14)15-9-16-13(11)17(7-8-18)10-5-3-2-4-6-10/h9-10,18H,2-8H2,1H3. The van der Waals surface area contributed by atoms with Crippen molar-refractivity contribution >= 4 is 17.4 Å². The summed E-state index contributed by atoms with van der Waals surface area (Å²) in [7, 11) is 1.56. The number of anilines is 1. The highest BCUT2D eigenvalue weighted by Gasteiger charge is 2.25. The molecule has 106 valence electrons. The number of ether oxygens (including phenoxy) is 1. The SMILES string of the molecule is COc1c(Cl)ncnc1N(CCO)C1CCCCC1. The van der Waals surface area contributed by atoms with E-state index in [0.717, 1.165) is 12.8 Å². The summed E-state index contributed by atoms with van der Waals surface area (Å²) in [4.78, 5) is 10.3. The van der Waals surface area contributed by atoms with Gasteiger partial charge in [-0.1, -0.05) is 30.9 Å². The Morgan fingerprint density at radius 1 is 1.37 bits per heavy atom. The highest BCUT2D eigenvalue weighted by molar-refractivity contribution is 6.31. The lowest BCUT2D eigenvalue weighted by atomic mass is 9.94. The molecule has 0 spiro atoms. The van der Waals surface area contributed by atoms with E-state index in [1.165, 1.54) is 25.6 Å². The summed E-state index contributed by atoms with van der Waals surface area (Å²) < 4.78 is 5.31. The van der Waals surface area contributed by atoms with Gasteiger partial charge >= 0.3 is 0 Å². The molecule has 1 N–H and O–H groups in total. The van der Waals surface area contributed by atoms with Gasteiger partial charge in [-0.25, -0.2) is 9.97 Å². The molecule has 1 aliphatic carbocycles. The third-order valence-corrected chi connectivity index (χ3v) is 3.84. The van der Waals surface area contributed by atoms with Crippen molar-refractivity contribution in [2.75, 3.05) is 25.2 Å². The van der Waals surface area contributed by atoms with E-state index in [0.29, 0.717) is 29.3 Å². The molecular weight excluding hydrogens is 266 g/mol. The molecule has 0 bridgehead atoms. The fourth-order valence-electron chi connectivity index (χ4n) is 2.69. The zero-order valence-corrected chi connectivity index (χ0v) is 11.9. The molecule has 1 aromatic heterocycles. The van der Waals surface area contributed by atoms with Gasteiger partial charge in [-0.05, 0) is 12.8 Å². The van der Waals surface area contributed by atoms with Gasteiger partial charge < -0.3 is 14.7 Å². The van der Waals surface area contributed by atoms with Crippen molar-refractivity contribution in [1.29, 1.82) is 0 Å². The zero-order chi connectivity index (χ0) is 13.7. The molecule has 1 aromatic rings. The normalized spacial score (nSPS) is 16.4. The first kappa shape index (κ1) is 14.3. The largest absolute Gasteiger partial charge is 0.490 e. The van der Waals surface area contributed by atoms with Crippen LogP contribution in [0.15, 0.2) is 6.33 Å². The van der Waals surface area contributed by atoms with Gasteiger partial charge in [0.15, 0.2) is 16.7 Å². The maximum absolute atomic E-state index is 9.30. The lowest BCUT2D eigenvalue weighted by molar-refractivity contribution is 0.288. The summed E-state index contributed by atoms with van der Waals surface area (Å²) in [5, 5.41) is 9.61. The number of methoxy groups -OCH3 is 1. The fraction of sp³-hybridized carbons (Fsp3) is 0.692. The third-order valence-electron chi connectivity index (χ3n) is 3.57. The van der Waals surface area contributed by atoms with Gasteiger partial charge in [-0.15, -0.1) is 0 Å². The number of rotatable bonds is 5. The first-order valence-corrected chi connectivity index (χ1v) is 7.07. The van der Waals surface area contributed by atoms with E-state index in [-0.39, 0.29) is 6.61 Å². The van der Waals surface area contributed by atoms with Gasteiger partial charge in [-0.3, -0.25) is 0 Å². The molecule has 0 atom stereocenters. The highest BCUT2D eigenvalue weighted by Crippen LogP contribution is 2.35. The smallest absolute Gasteiger partial charge is 0.199 e. The molecule has 5 nitrogen and oxygen atoms in total. The Kier molecular flexibility index (Phi) is 5.22. The Hall–Kier alpha value is -1.07. The quantitative estimate of drug-likeness (QED) is 0.841. The molecule has 0 radical (unpaired) electrons. The van der Waals surface area contributed by atoms with Gasteiger partial charge in [0.2, 0.25) is 0 Å². The highest BCUT2D eigenvalue weighted by atomic mass is 35.5. The van der Waals surface area contributed by atoms with E-state index in [2.05, 4.69) is 14.9 Å². The van der Waals surface area contributed by atoms with Crippen molar-refractivity contribution in [2.45, 2.75) is 38.1 Å². The van der Waals surface area contributed by atoms with Crippen LogP contribution in [0.5, 0.6) is 5.75 Å². The topological polar surface area (TPSA) is 58.5 Å². The first-order valence-electron chi connectivity index (χ1n) is 6.70. The molecule has 1 fully saturated rings. The third kappa shape index (κ3) is 3.28. The van der Waals surface area contributed by atoms with Crippen molar-refractivity contribution in [2.24, 2.45) is 0 Å². The predicted octanol–water partition coefficient (Wildman–Crippen LogP) is 2.27. The van der Waals surface area contributed by atoms with E-state index >= 15 is 0 Å². The molecule has 2 rings (SSSR count). The summed E-state index contributed by atoms with van der Waals surface area (Å²) in [5.41, 5.74) is 0. The number of hydrogen-bond acceptors (Lipinski definition) is 5. The number of aromatic nitrogens is 2. The number of aliphatic hydroxyl groups excluding tert-OH is 1. The zero-order valence-electron chi connectivity index (χ0n) is 11.2. The number of aliphatic hydroxyl groups is 1. The molecule has 1 saturated carbocycles. The Labute approximate surface area is 118 Å². The number of nitrogens with zero attached hydrogens (tertiary/aromatic N) is 3. The molecule has 0 aliphatic heterocycles. The summed E-state index contributed by atoms with van der Waals surface area (Å²) in [6, 6.07) is 0.390. The molecule has 0 unspecified atom stereocenters. The van der Waals surface area contributed by atoms with Crippen LogP contribution in [0.2, 0.25) is 5.15 Å². The molecule has 0 saturated heterocycles. The number of hydrogen-bond donors (Lipinski definition) is 1. The van der Waals surface area contributed by atoms with Crippen LogP contribution in [-0.4, -0.2) is 41.4 Å². The number of halogens is 1. The van der Waals surface area contributed by atoms with Gasteiger partial charge in [-0.2, -0.15) is 0 Å². The predicted molar refractivity (Wildman–Crippen MR) is 74.9 cm³/mol. The average Bonchev–Trinajstić information content (AvgIpc) is 2.45. The van der Waals surface area contributed by atoms with E-state index in [9.17, 15) is 5.11 Å². The first-order chi connectivity index (χ1) is 9.27. The molecule has 6 heteroatoms. The molecule has 0 amide bonds.